The molecule has 0 aliphatic heterocycles. The summed E-state index contributed by atoms with van der Waals surface area (Å²) in [4.78, 5) is 23.2. The van der Waals surface area contributed by atoms with Crippen LogP contribution in [0.25, 0.3) is 0 Å². The van der Waals surface area contributed by atoms with Crippen LogP contribution in [0.4, 0.5) is 8.78 Å². The standard InChI is InChI=1S/C15H17F2NO3/c1-8(9-4-2-3-5-9)18-14(19)10-6-12(16)13(17)7-11(10)15(20)21/h6-9H,2-5H2,1H3,(H,18,19)(H,20,21)/t8-/m1/s1. The first-order chi connectivity index (χ1) is 9.90. The van der Waals surface area contributed by atoms with E-state index in [1.807, 2.05) is 6.92 Å². The van der Waals surface area contributed by atoms with Crippen molar-refractivity contribution in [2.45, 2.75) is 38.6 Å². The molecule has 0 unspecified atom stereocenters. The summed E-state index contributed by atoms with van der Waals surface area (Å²) in [5, 5.41) is 11.7. The zero-order valence-electron chi connectivity index (χ0n) is 11.7. The predicted octanol–water partition coefficient (Wildman–Crippen LogP) is 2.97. The van der Waals surface area contributed by atoms with Crippen molar-refractivity contribution < 1.29 is 23.5 Å². The highest BCUT2D eigenvalue weighted by Gasteiger charge is 2.26. The molecule has 6 heteroatoms. The van der Waals surface area contributed by atoms with Gasteiger partial charge in [-0.05, 0) is 37.8 Å². The first kappa shape index (κ1) is 15.4. The Balaban J connectivity index is 2.21. The van der Waals surface area contributed by atoms with Crippen molar-refractivity contribution in [2.24, 2.45) is 5.92 Å². The van der Waals surface area contributed by atoms with Crippen LogP contribution in [0.3, 0.4) is 0 Å². The topological polar surface area (TPSA) is 66.4 Å². The first-order valence-electron chi connectivity index (χ1n) is 6.93. The van der Waals surface area contributed by atoms with E-state index in [2.05, 4.69) is 5.32 Å². The van der Waals surface area contributed by atoms with Crippen molar-refractivity contribution in [3.63, 3.8) is 0 Å². The Labute approximate surface area is 121 Å². The highest BCUT2D eigenvalue weighted by molar-refractivity contribution is 6.04. The van der Waals surface area contributed by atoms with E-state index >= 15 is 0 Å². The first-order valence-corrected chi connectivity index (χ1v) is 6.93. The summed E-state index contributed by atoms with van der Waals surface area (Å²) in [6.07, 6.45) is 4.23. The second-order valence-corrected chi connectivity index (χ2v) is 5.42. The third-order valence-electron chi connectivity index (χ3n) is 4.00. The van der Waals surface area contributed by atoms with E-state index in [1.165, 1.54) is 0 Å². The number of halogens is 2. The van der Waals surface area contributed by atoms with Crippen molar-refractivity contribution in [2.75, 3.05) is 0 Å². The summed E-state index contributed by atoms with van der Waals surface area (Å²) in [5.74, 6) is -4.34. The van der Waals surface area contributed by atoms with E-state index < -0.39 is 29.1 Å². The molecule has 1 aliphatic carbocycles. The molecule has 21 heavy (non-hydrogen) atoms. The van der Waals surface area contributed by atoms with Gasteiger partial charge < -0.3 is 10.4 Å². The minimum Gasteiger partial charge on any atom is -0.478 e. The molecule has 1 atom stereocenters. The molecule has 4 nitrogen and oxygen atoms in total. The van der Waals surface area contributed by atoms with Crippen LogP contribution < -0.4 is 5.32 Å². The summed E-state index contributed by atoms with van der Waals surface area (Å²) >= 11 is 0. The number of carbonyl (C=O) groups excluding carboxylic acids is 1. The maximum atomic E-state index is 13.3. The zero-order chi connectivity index (χ0) is 15.6. The van der Waals surface area contributed by atoms with E-state index in [0.717, 1.165) is 25.7 Å². The fourth-order valence-corrected chi connectivity index (χ4v) is 2.77. The van der Waals surface area contributed by atoms with E-state index in [4.69, 9.17) is 5.11 Å². The van der Waals surface area contributed by atoms with Crippen molar-refractivity contribution in [3.05, 3.63) is 34.9 Å². The van der Waals surface area contributed by atoms with Crippen molar-refractivity contribution in [3.8, 4) is 0 Å². The molecule has 1 fully saturated rings. The average Bonchev–Trinajstić information content (AvgIpc) is 2.95. The van der Waals surface area contributed by atoms with Gasteiger partial charge in [0.05, 0.1) is 11.1 Å². The van der Waals surface area contributed by atoms with Crippen molar-refractivity contribution in [1.29, 1.82) is 0 Å². The molecule has 114 valence electrons. The smallest absolute Gasteiger partial charge is 0.336 e. The fraction of sp³-hybridized carbons (Fsp3) is 0.467. The van der Waals surface area contributed by atoms with Gasteiger partial charge in [-0.1, -0.05) is 12.8 Å². The van der Waals surface area contributed by atoms with Crippen LogP contribution in [-0.4, -0.2) is 23.0 Å². The largest absolute Gasteiger partial charge is 0.478 e. The van der Waals surface area contributed by atoms with E-state index in [-0.39, 0.29) is 11.6 Å². The number of hydrogen-bond donors (Lipinski definition) is 2. The van der Waals surface area contributed by atoms with Gasteiger partial charge in [0.2, 0.25) is 0 Å². The Bertz CT molecular complexity index is 568. The fourth-order valence-electron chi connectivity index (χ4n) is 2.77. The molecule has 2 N–H and O–H groups in total. The minimum atomic E-state index is -1.47. The van der Waals surface area contributed by atoms with Gasteiger partial charge in [-0.3, -0.25) is 4.79 Å². The number of hydrogen-bond acceptors (Lipinski definition) is 2. The van der Waals surface area contributed by atoms with Gasteiger partial charge >= 0.3 is 5.97 Å². The van der Waals surface area contributed by atoms with E-state index in [1.54, 1.807) is 0 Å². The molecule has 2 rings (SSSR count). The summed E-state index contributed by atoms with van der Waals surface area (Å²) in [7, 11) is 0. The highest BCUT2D eigenvalue weighted by Crippen LogP contribution is 2.27. The Morgan fingerprint density at radius 2 is 1.71 bits per heavy atom. The number of aromatic carboxylic acids is 1. The number of amides is 1. The third-order valence-corrected chi connectivity index (χ3v) is 4.00. The maximum absolute atomic E-state index is 13.3. The predicted molar refractivity (Wildman–Crippen MR) is 72.2 cm³/mol. The molecule has 0 heterocycles. The van der Waals surface area contributed by atoms with Crippen LogP contribution in [0, 0.1) is 17.6 Å². The Kier molecular flexibility index (Phi) is 4.55. The summed E-state index contributed by atoms with van der Waals surface area (Å²) in [6.45, 7) is 1.84. The van der Waals surface area contributed by atoms with Crippen LogP contribution in [0.15, 0.2) is 12.1 Å². The molecule has 1 aromatic rings. The quantitative estimate of drug-likeness (QED) is 0.898. The third kappa shape index (κ3) is 3.37. The summed E-state index contributed by atoms with van der Waals surface area (Å²) in [5.41, 5.74) is -0.892. The van der Waals surface area contributed by atoms with E-state index in [9.17, 15) is 18.4 Å². The molecule has 1 amide bonds. The Morgan fingerprint density at radius 1 is 1.19 bits per heavy atom. The number of rotatable bonds is 4. The highest BCUT2D eigenvalue weighted by atomic mass is 19.2. The Hall–Kier alpha value is -1.98. The summed E-state index contributed by atoms with van der Waals surface area (Å²) in [6, 6.07) is 1.04. The number of carboxylic acids is 1. The number of nitrogens with one attached hydrogen (secondary N) is 1. The molecule has 0 saturated heterocycles. The van der Waals surface area contributed by atoms with Gasteiger partial charge in [0.25, 0.3) is 5.91 Å². The molecule has 0 aromatic heterocycles. The second kappa shape index (κ2) is 6.20. The van der Waals surface area contributed by atoms with Crippen LogP contribution in [0.1, 0.15) is 53.3 Å². The van der Waals surface area contributed by atoms with E-state index in [0.29, 0.717) is 18.1 Å². The molecule has 1 aliphatic rings. The van der Waals surface area contributed by atoms with Gasteiger partial charge in [-0.15, -0.1) is 0 Å². The zero-order valence-corrected chi connectivity index (χ0v) is 11.7. The monoisotopic (exact) mass is 297 g/mol. The number of carbonyl (C=O) groups is 2. The van der Waals surface area contributed by atoms with Crippen molar-refractivity contribution in [1.82, 2.24) is 5.32 Å². The van der Waals surface area contributed by atoms with Crippen LogP contribution >= 0.6 is 0 Å². The lowest BCUT2D eigenvalue weighted by atomic mass is 9.98. The van der Waals surface area contributed by atoms with Gasteiger partial charge in [-0.25, -0.2) is 13.6 Å². The van der Waals surface area contributed by atoms with Crippen molar-refractivity contribution >= 4 is 11.9 Å². The molecule has 0 radical (unpaired) electrons. The number of benzene rings is 1. The summed E-state index contributed by atoms with van der Waals surface area (Å²) < 4.78 is 26.4. The lowest BCUT2D eigenvalue weighted by Gasteiger charge is -2.20. The lowest BCUT2D eigenvalue weighted by Crippen LogP contribution is -2.38. The van der Waals surface area contributed by atoms with Gasteiger partial charge in [0.15, 0.2) is 11.6 Å². The van der Waals surface area contributed by atoms with Gasteiger partial charge in [0.1, 0.15) is 0 Å². The van der Waals surface area contributed by atoms with Gasteiger partial charge in [-0.2, -0.15) is 0 Å². The van der Waals surface area contributed by atoms with Gasteiger partial charge in [0, 0.05) is 6.04 Å². The average molecular weight is 297 g/mol. The molecular weight excluding hydrogens is 280 g/mol. The lowest BCUT2D eigenvalue weighted by molar-refractivity contribution is 0.0689. The van der Waals surface area contributed by atoms with Crippen LogP contribution in [-0.2, 0) is 0 Å². The normalized spacial score (nSPS) is 16.7. The second-order valence-electron chi connectivity index (χ2n) is 5.42. The minimum absolute atomic E-state index is 0.130. The molecule has 0 spiro atoms. The number of carboxylic acid groups (broad SMARTS) is 1. The Morgan fingerprint density at radius 3 is 2.24 bits per heavy atom. The SMILES string of the molecule is C[C@@H](NC(=O)c1cc(F)c(F)cc1C(=O)O)C1CCCC1. The van der Waals surface area contributed by atoms with Crippen LogP contribution in [0.5, 0.6) is 0 Å². The molecular formula is C15H17F2NO3. The van der Waals surface area contributed by atoms with Crippen LogP contribution in [0.2, 0.25) is 0 Å². The molecule has 1 saturated carbocycles. The molecule has 1 aromatic carbocycles. The molecule has 0 bridgehead atoms. The maximum Gasteiger partial charge on any atom is 0.336 e.